The van der Waals surface area contributed by atoms with Gasteiger partial charge in [-0.3, -0.25) is 0 Å². The topological polar surface area (TPSA) is 9.72 Å². The van der Waals surface area contributed by atoms with E-state index in [4.69, 9.17) is 0 Å². The Balaban J connectivity index is 1.97. The lowest BCUT2D eigenvalue weighted by Crippen LogP contribution is -2.45. The van der Waals surface area contributed by atoms with Crippen LogP contribution in [0.4, 0.5) is 11.4 Å². The number of rotatable bonds is 5. The highest BCUT2D eigenvalue weighted by atomic mass is 32.2. The number of anilines is 2. The molecule has 1 aliphatic heterocycles. The van der Waals surface area contributed by atoms with Crippen LogP contribution in [0, 0.1) is 0 Å². The average Bonchev–Trinajstić information content (AvgIpc) is 2.53. The first-order valence-electron chi connectivity index (χ1n) is 8.01. The molecule has 0 bridgehead atoms. The van der Waals surface area contributed by atoms with Crippen molar-refractivity contribution in [2.45, 2.75) is 15.8 Å². The van der Waals surface area contributed by atoms with Gasteiger partial charge in [-0.25, -0.2) is 0 Å². The van der Waals surface area contributed by atoms with Crippen LogP contribution in [-0.2, 0) is 0 Å². The summed E-state index contributed by atoms with van der Waals surface area (Å²) in [5, 5.41) is 0. The van der Waals surface area contributed by atoms with Crippen LogP contribution >= 0.6 is 11.8 Å². The van der Waals surface area contributed by atoms with Gasteiger partial charge in [-0.05, 0) is 52.5 Å². The second kappa shape index (κ2) is 6.95. The third-order valence-corrected chi connectivity index (χ3v) is 5.36. The lowest BCUT2D eigenvalue weighted by molar-refractivity contribution is 0.233. The normalized spacial score (nSPS) is 14.8. The monoisotopic (exact) mass is 327 g/mol. The number of hydrogen-bond acceptors (Lipinski definition) is 4. The Hall–Kier alpha value is -1.49. The Labute approximate surface area is 143 Å². The fourth-order valence-electron chi connectivity index (χ4n) is 2.99. The van der Waals surface area contributed by atoms with Gasteiger partial charge in [-0.15, -0.1) is 0 Å². The summed E-state index contributed by atoms with van der Waals surface area (Å²) in [4.78, 5) is 9.76. The van der Waals surface area contributed by atoms with Gasteiger partial charge in [-0.2, -0.15) is 0 Å². The van der Waals surface area contributed by atoms with E-state index in [1.165, 1.54) is 21.2 Å². The predicted octanol–water partition coefficient (Wildman–Crippen LogP) is 3.78. The molecule has 1 heterocycles. The molecular formula is C19H25N3S. The first-order valence-corrected chi connectivity index (χ1v) is 8.82. The van der Waals surface area contributed by atoms with Crippen molar-refractivity contribution < 1.29 is 0 Å². The van der Waals surface area contributed by atoms with Crippen LogP contribution < -0.4 is 4.90 Å². The fraction of sp³-hybridized carbons (Fsp3) is 0.368. The van der Waals surface area contributed by atoms with E-state index in [2.05, 4.69) is 91.4 Å². The van der Waals surface area contributed by atoms with E-state index >= 15 is 0 Å². The van der Waals surface area contributed by atoms with E-state index in [0.717, 1.165) is 13.1 Å². The molecule has 0 saturated carbocycles. The highest BCUT2D eigenvalue weighted by molar-refractivity contribution is 7.99. The average molecular weight is 327 g/mol. The number of likely N-dealkylation sites (N-methyl/N-ethyl adjacent to an activating group) is 2. The van der Waals surface area contributed by atoms with E-state index in [1.807, 2.05) is 11.8 Å². The van der Waals surface area contributed by atoms with Gasteiger partial charge in [-0.1, -0.05) is 36.0 Å². The minimum Gasteiger partial charge on any atom is -0.338 e. The van der Waals surface area contributed by atoms with Crippen molar-refractivity contribution in [1.29, 1.82) is 0 Å². The minimum absolute atomic E-state index is 0.467. The maximum Gasteiger partial charge on any atom is 0.0553 e. The molecule has 0 radical (unpaired) electrons. The van der Waals surface area contributed by atoms with Crippen molar-refractivity contribution in [3.63, 3.8) is 0 Å². The van der Waals surface area contributed by atoms with Gasteiger partial charge in [0.25, 0.3) is 0 Å². The highest BCUT2D eigenvalue weighted by Gasteiger charge is 2.26. The number of nitrogens with zero attached hydrogens (tertiary/aromatic N) is 3. The van der Waals surface area contributed by atoms with Crippen LogP contribution in [0.15, 0.2) is 58.3 Å². The van der Waals surface area contributed by atoms with Crippen LogP contribution in [0.5, 0.6) is 0 Å². The summed E-state index contributed by atoms with van der Waals surface area (Å²) in [6, 6.07) is 17.9. The molecule has 1 aliphatic rings. The number of fused-ring (bicyclic) bond motifs is 2. The largest absolute Gasteiger partial charge is 0.338 e. The van der Waals surface area contributed by atoms with Crippen LogP contribution in [0.1, 0.15) is 0 Å². The van der Waals surface area contributed by atoms with Gasteiger partial charge >= 0.3 is 0 Å². The Morgan fingerprint density at radius 1 is 0.870 bits per heavy atom. The predicted molar refractivity (Wildman–Crippen MR) is 100 cm³/mol. The molecule has 0 fully saturated rings. The van der Waals surface area contributed by atoms with Crippen LogP contribution in [0.25, 0.3) is 0 Å². The zero-order valence-electron chi connectivity index (χ0n) is 14.4. The number of para-hydroxylation sites is 2. The van der Waals surface area contributed by atoms with E-state index in [-0.39, 0.29) is 0 Å². The van der Waals surface area contributed by atoms with Crippen LogP contribution in [-0.4, -0.2) is 57.1 Å². The smallest absolute Gasteiger partial charge is 0.0553 e. The van der Waals surface area contributed by atoms with Crippen molar-refractivity contribution >= 4 is 23.1 Å². The molecule has 0 aromatic heterocycles. The maximum atomic E-state index is 2.48. The lowest BCUT2D eigenvalue weighted by atomic mass is 10.1. The third-order valence-electron chi connectivity index (χ3n) is 4.23. The Morgan fingerprint density at radius 3 is 1.87 bits per heavy atom. The third kappa shape index (κ3) is 3.55. The molecule has 0 amide bonds. The molecule has 3 rings (SSSR count). The van der Waals surface area contributed by atoms with Gasteiger partial charge in [0, 0.05) is 28.9 Å². The molecule has 0 spiro atoms. The van der Waals surface area contributed by atoms with E-state index < -0.39 is 0 Å². The second-order valence-corrected chi connectivity index (χ2v) is 7.61. The van der Waals surface area contributed by atoms with Crippen molar-refractivity contribution in [3.8, 4) is 0 Å². The molecule has 2 aromatic rings. The Morgan fingerprint density at radius 2 is 1.39 bits per heavy atom. The van der Waals surface area contributed by atoms with Gasteiger partial charge in [0.2, 0.25) is 0 Å². The molecule has 0 unspecified atom stereocenters. The van der Waals surface area contributed by atoms with Crippen LogP contribution in [0.2, 0.25) is 0 Å². The quantitative estimate of drug-likeness (QED) is 0.826. The van der Waals surface area contributed by atoms with Crippen molar-refractivity contribution in [2.75, 3.05) is 46.2 Å². The SMILES string of the molecule is CN(C)C[C@@H](CN1c2ccccc2Sc2ccccc21)N(C)C. The first kappa shape index (κ1) is 16.4. The summed E-state index contributed by atoms with van der Waals surface area (Å²) >= 11 is 1.87. The lowest BCUT2D eigenvalue weighted by Gasteiger charge is -2.38. The van der Waals surface area contributed by atoms with Crippen molar-refractivity contribution in [2.24, 2.45) is 0 Å². The summed E-state index contributed by atoms with van der Waals surface area (Å²) < 4.78 is 0. The standard InChI is InChI=1S/C19H25N3S/c1-20(2)13-15(21(3)4)14-22-16-9-5-7-11-18(16)23-19-12-8-6-10-17(19)22/h5-12,15H,13-14H2,1-4H3/t15-/m0/s1. The zero-order valence-corrected chi connectivity index (χ0v) is 15.2. The van der Waals surface area contributed by atoms with Crippen molar-refractivity contribution in [3.05, 3.63) is 48.5 Å². The summed E-state index contributed by atoms with van der Waals surface area (Å²) in [6.07, 6.45) is 0. The summed E-state index contributed by atoms with van der Waals surface area (Å²) in [5.74, 6) is 0. The molecule has 4 heteroatoms. The van der Waals surface area contributed by atoms with Gasteiger partial charge in [0.1, 0.15) is 0 Å². The van der Waals surface area contributed by atoms with E-state index in [0.29, 0.717) is 6.04 Å². The summed E-state index contributed by atoms with van der Waals surface area (Å²) in [6.45, 7) is 2.03. The molecule has 0 N–H and O–H groups in total. The van der Waals surface area contributed by atoms with Crippen molar-refractivity contribution in [1.82, 2.24) is 9.80 Å². The highest BCUT2D eigenvalue weighted by Crippen LogP contribution is 2.47. The molecule has 1 atom stereocenters. The van der Waals surface area contributed by atoms with Gasteiger partial charge in [0.05, 0.1) is 11.4 Å². The Kier molecular flexibility index (Phi) is 4.95. The van der Waals surface area contributed by atoms with Gasteiger partial charge < -0.3 is 14.7 Å². The molecule has 122 valence electrons. The molecule has 0 aliphatic carbocycles. The second-order valence-electron chi connectivity index (χ2n) is 6.53. The van der Waals surface area contributed by atoms with Gasteiger partial charge in [0.15, 0.2) is 0 Å². The van der Waals surface area contributed by atoms with E-state index in [9.17, 15) is 0 Å². The summed E-state index contributed by atoms with van der Waals surface area (Å²) in [5.41, 5.74) is 2.64. The van der Waals surface area contributed by atoms with E-state index in [1.54, 1.807) is 0 Å². The number of hydrogen-bond donors (Lipinski definition) is 0. The first-order chi connectivity index (χ1) is 11.1. The Bertz CT molecular complexity index is 624. The zero-order chi connectivity index (χ0) is 16.4. The number of benzene rings is 2. The van der Waals surface area contributed by atoms with Crippen LogP contribution in [0.3, 0.4) is 0 Å². The molecule has 3 nitrogen and oxygen atoms in total. The minimum atomic E-state index is 0.467. The fourth-order valence-corrected chi connectivity index (χ4v) is 4.09. The maximum absolute atomic E-state index is 2.48. The molecule has 2 aromatic carbocycles. The molecular weight excluding hydrogens is 302 g/mol. The molecule has 0 saturated heterocycles. The molecule has 23 heavy (non-hydrogen) atoms. The summed E-state index contributed by atoms with van der Waals surface area (Å²) in [7, 11) is 8.63.